The van der Waals surface area contributed by atoms with Gasteiger partial charge < -0.3 is 15.0 Å². The fraction of sp³-hybridized carbons (Fsp3) is 0.368. The fourth-order valence-corrected chi connectivity index (χ4v) is 2.13. The van der Waals surface area contributed by atoms with Crippen molar-refractivity contribution in [1.29, 1.82) is 0 Å². The van der Waals surface area contributed by atoms with E-state index in [4.69, 9.17) is 4.74 Å². The maximum atomic E-state index is 5.88. The van der Waals surface area contributed by atoms with Crippen molar-refractivity contribution in [3.05, 3.63) is 65.2 Å². The van der Waals surface area contributed by atoms with Crippen molar-refractivity contribution in [1.82, 2.24) is 10.2 Å². The first kappa shape index (κ1) is 22.7. The molecule has 2 aromatic carbocycles. The normalized spacial score (nSPS) is 10.0. The summed E-state index contributed by atoms with van der Waals surface area (Å²) in [6.45, 7) is 5.61. The van der Waals surface area contributed by atoms with Crippen molar-refractivity contribution in [3.63, 3.8) is 0 Å². The van der Waals surface area contributed by atoms with Gasteiger partial charge in [-0.15, -0.1) is 24.8 Å². The van der Waals surface area contributed by atoms with E-state index in [0.29, 0.717) is 6.61 Å². The van der Waals surface area contributed by atoms with Crippen LogP contribution in [0, 0.1) is 6.92 Å². The third kappa shape index (κ3) is 8.55. The van der Waals surface area contributed by atoms with Gasteiger partial charge in [-0.2, -0.15) is 0 Å². The monoisotopic (exact) mass is 370 g/mol. The molecule has 0 fully saturated rings. The Kier molecular flexibility index (Phi) is 11.5. The van der Waals surface area contributed by atoms with Crippen molar-refractivity contribution in [2.24, 2.45) is 0 Å². The van der Waals surface area contributed by atoms with Crippen molar-refractivity contribution >= 4 is 24.8 Å². The first-order valence-corrected chi connectivity index (χ1v) is 7.76. The number of benzene rings is 2. The maximum absolute atomic E-state index is 5.88. The molecular formula is C19H28Cl2N2O. The van der Waals surface area contributed by atoms with Crippen LogP contribution in [0.2, 0.25) is 0 Å². The molecule has 0 aromatic heterocycles. The summed E-state index contributed by atoms with van der Waals surface area (Å²) >= 11 is 0. The topological polar surface area (TPSA) is 24.5 Å². The van der Waals surface area contributed by atoms with Gasteiger partial charge in [0.05, 0.1) is 0 Å². The van der Waals surface area contributed by atoms with Crippen molar-refractivity contribution in [2.75, 3.05) is 27.2 Å². The molecule has 24 heavy (non-hydrogen) atoms. The predicted molar refractivity (Wildman–Crippen MR) is 107 cm³/mol. The zero-order valence-electron chi connectivity index (χ0n) is 14.6. The summed E-state index contributed by atoms with van der Waals surface area (Å²) in [4.78, 5) is 2.17. The number of halogens is 2. The summed E-state index contributed by atoms with van der Waals surface area (Å²) in [5.74, 6) is 0.924. The largest absolute Gasteiger partial charge is 0.489 e. The molecule has 0 atom stereocenters. The molecular weight excluding hydrogens is 343 g/mol. The first-order valence-electron chi connectivity index (χ1n) is 7.76. The highest BCUT2D eigenvalue weighted by Crippen LogP contribution is 2.15. The van der Waals surface area contributed by atoms with Gasteiger partial charge in [0, 0.05) is 19.6 Å². The molecule has 0 aliphatic heterocycles. The van der Waals surface area contributed by atoms with Crippen LogP contribution in [0.15, 0.2) is 48.5 Å². The van der Waals surface area contributed by atoms with Crippen LogP contribution in [0.1, 0.15) is 16.7 Å². The molecule has 0 bridgehead atoms. The lowest BCUT2D eigenvalue weighted by molar-refractivity contribution is 0.306. The lowest BCUT2D eigenvalue weighted by atomic mass is 10.2. The van der Waals surface area contributed by atoms with Gasteiger partial charge in [-0.25, -0.2) is 0 Å². The lowest BCUT2D eigenvalue weighted by Crippen LogP contribution is -2.26. The molecule has 3 nitrogen and oxygen atoms in total. The smallest absolute Gasteiger partial charge is 0.120 e. The second kappa shape index (κ2) is 12.2. The molecule has 0 radical (unpaired) electrons. The average molecular weight is 371 g/mol. The number of ether oxygens (including phenoxy) is 1. The predicted octanol–water partition coefficient (Wildman–Crippen LogP) is 4.07. The van der Waals surface area contributed by atoms with E-state index in [9.17, 15) is 0 Å². The van der Waals surface area contributed by atoms with Crippen LogP contribution in [-0.2, 0) is 13.2 Å². The number of nitrogens with one attached hydrogen (secondary N) is 1. The molecule has 134 valence electrons. The van der Waals surface area contributed by atoms with E-state index in [1.165, 1.54) is 16.7 Å². The summed E-state index contributed by atoms with van der Waals surface area (Å²) < 4.78 is 5.88. The van der Waals surface area contributed by atoms with Crippen LogP contribution < -0.4 is 10.1 Å². The van der Waals surface area contributed by atoms with E-state index < -0.39 is 0 Å². The zero-order valence-corrected chi connectivity index (χ0v) is 16.3. The minimum Gasteiger partial charge on any atom is -0.489 e. The Bertz CT molecular complexity index is 574. The third-order valence-corrected chi connectivity index (χ3v) is 3.49. The number of likely N-dealkylation sites (N-methyl/N-ethyl adjacent to an activating group) is 1. The molecule has 2 rings (SSSR count). The summed E-state index contributed by atoms with van der Waals surface area (Å²) in [6, 6.07) is 16.8. The van der Waals surface area contributed by atoms with E-state index in [2.05, 4.69) is 67.6 Å². The zero-order chi connectivity index (χ0) is 15.8. The summed E-state index contributed by atoms with van der Waals surface area (Å²) in [5, 5.41) is 3.44. The Morgan fingerprint density at radius 3 is 2.33 bits per heavy atom. The summed E-state index contributed by atoms with van der Waals surface area (Å²) in [7, 11) is 4.17. The third-order valence-electron chi connectivity index (χ3n) is 3.49. The Labute approximate surface area is 158 Å². The highest BCUT2D eigenvalue weighted by Gasteiger charge is 1.99. The van der Waals surface area contributed by atoms with Gasteiger partial charge in [0.15, 0.2) is 0 Å². The SMILES string of the molecule is Cc1ccc(COc2cccc(CNCCN(C)C)c2)cc1.Cl.Cl. The van der Waals surface area contributed by atoms with Crippen molar-refractivity contribution < 1.29 is 4.74 Å². The fourth-order valence-electron chi connectivity index (χ4n) is 2.13. The summed E-state index contributed by atoms with van der Waals surface area (Å²) in [6.07, 6.45) is 0. The molecule has 0 aliphatic rings. The first-order chi connectivity index (χ1) is 10.6. The molecule has 1 N–H and O–H groups in total. The van der Waals surface area contributed by atoms with Gasteiger partial charge in [-0.3, -0.25) is 0 Å². The Morgan fingerprint density at radius 2 is 1.67 bits per heavy atom. The van der Waals surface area contributed by atoms with Gasteiger partial charge in [-0.1, -0.05) is 42.0 Å². The minimum atomic E-state index is 0. The maximum Gasteiger partial charge on any atom is 0.120 e. The van der Waals surface area contributed by atoms with E-state index in [0.717, 1.165) is 25.4 Å². The summed E-state index contributed by atoms with van der Waals surface area (Å²) in [5.41, 5.74) is 3.72. The standard InChI is InChI=1S/C19H26N2O.2ClH/c1-16-7-9-17(10-8-16)15-22-19-6-4-5-18(13-19)14-20-11-12-21(2)3;;/h4-10,13,20H,11-12,14-15H2,1-3H3;2*1H. The van der Waals surface area contributed by atoms with E-state index in [1.807, 2.05) is 12.1 Å². The molecule has 0 heterocycles. The molecule has 0 spiro atoms. The van der Waals surface area contributed by atoms with Gasteiger partial charge in [-0.05, 0) is 44.3 Å². The van der Waals surface area contributed by atoms with Crippen molar-refractivity contribution in [2.45, 2.75) is 20.1 Å². The van der Waals surface area contributed by atoms with Gasteiger partial charge in [0.1, 0.15) is 12.4 Å². The number of nitrogens with zero attached hydrogens (tertiary/aromatic N) is 1. The second-order valence-corrected chi connectivity index (χ2v) is 5.90. The Balaban J connectivity index is 0.00000264. The quantitative estimate of drug-likeness (QED) is 0.708. The number of hydrogen-bond acceptors (Lipinski definition) is 3. The van der Waals surface area contributed by atoms with Crippen LogP contribution in [0.25, 0.3) is 0 Å². The van der Waals surface area contributed by atoms with Crippen LogP contribution in [-0.4, -0.2) is 32.1 Å². The lowest BCUT2D eigenvalue weighted by Gasteiger charge is -2.11. The van der Waals surface area contributed by atoms with E-state index >= 15 is 0 Å². The van der Waals surface area contributed by atoms with Gasteiger partial charge in [0.25, 0.3) is 0 Å². The average Bonchev–Trinajstić information content (AvgIpc) is 2.51. The van der Waals surface area contributed by atoms with Crippen molar-refractivity contribution in [3.8, 4) is 5.75 Å². The minimum absolute atomic E-state index is 0. The number of rotatable bonds is 8. The van der Waals surface area contributed by atoms with E-state index in [1.54, 1.807) is 0 Å². The molecule has 0 aliphatic carbocycles. The highest BCUT2D eigenvalue weighted by molar-refractivity contribution is 5.85. The number of aryl methyl sites for hydroxylation is 1. The second-order valence-electron chi connectivity index (χ2n) is 5.90. The van der Waals surface area contributed by atoms with Crippen LogP contribution in [0.3, 0.4) is 0 Å². The van der Waals surface area contributed by atoms with Crippen LogP contribution in [0.4, 0.5) is 0 Å². The van der Waals surface area contributed by atoms with Gasteiger partial charge >= 0.3 is 0 Å². The number of hydrogen-bond donors (Lipinski definition) is 1. The molecule has 5 heteroatoms. The van der Waals surface area contributed by atoms with Crippen LogP contribution >= 0.6 is 24.8 Å². The molecule has 0 saturated carbocycles. The molecule has 2 aromatic rings. The molecule has 0 unspecified atom stereocenters. The Morgan fingerprint density at radius 1 is 0.958 bits per heavy atom. The van der Waals surface area contributed by atoms with Crippen LogP contribution in [0.5, 0.6) is 5.75 Å². The highest BCUT2D eigenvalue weighted by atomic mass is 35.5. The Hall–Kier alpha value is -1.26. The molecule has 0 amide bonds. The molecule has 0 saturated heterocycles. The van der Waals surface area contributed by atoms with E-state index in [-0.39, 0.29) is 24.8 Å². The van der Waals surface area contributed by atoms with Gasteiger partial charge in [0.2, 0.25) is 0 Å².